The molecule has 0 amide bonds. The number of nitrogens with one attached hydrogen (secondary N) is 3. The van der Waals surface area contributed by atoms with E-state index < -0.39 is 161 Å². The lowest BCUT2D eigenvalue weighted by Gasteiger charge is -2.27. The van der Waals surface area contributed by atoms with Crippen LogP contribution in [0.15, 0.2) is 31.5 Å². The van der Waals surface area contributed by atoms with Crippen molar-refractivity contribution >= 4 is 17.1 Å². The van der Waals surface area contributed by atoms with Crippen LogP contribution in [-0.4, -0.2) is 117 Å². The van der Waals surface area contributed by atoms with Gasteiger partial charge in [-0.3, -0.25) is 0 Å². The molecular weight excluding hydrogens is 1410 g/mol. The second kappa shape index (κ2) is 29.8. The number of aliphatic hydroxyl groups is 3. The van der Waals surface area contributed by atoms with Crippen LogP contribution in [0.5, 0.6) is 17.6 Å². The van der Waals surface area contributed by atoms with Crippen LogP contribution < -0.4 is 30.2 Å². The maximum Gasteiger partial charge on any atom is 0.426 e. The molecule has 3 saturated carbocycles. The molecule has 0 radical (unpaired) electrons. The number of fused-ring (bicyclic) bond motifs is 15. The van der Waals surface area contributed by atoms with E-state index in [0.29, 0.717) is 57.8 Å². The molecule has 3 fully saturated rings. The fourth-order valence-electron chi connectivity index (χ4n) is 12.1. The van der Waals surface area contributed by atoms with Crippen molar-refractivity contribution in [2.24, 2.45) is 17.8 Å². The number of nitrogens with zero attached hydrogens (tertiary/aromatic N) is 9. The van der Waals surface area contributed by atoms with E-state index in [1.54, 1.807) is 20.8 Å². The molecule has 9 heterocycles. The molecule has 6 aromatic heterocycles. The number of ether oxygens (including phenoxy) is 3. The molecule has 0 aromatic carbocycles. The molecule has 6 N–H and O–H groups in total. The fourth-order valence-corrected chi connectivity index (χ4v) is 12.1. The van der Waals surface area contributed by atoms with E-state index >= 15 is 0 Å². The van der Waals surface area contributed by atoms with Crippen molar-refractivity contribution in [3.05, 3.63) is 52.6 Å². The van der Waals surface area contributed by atoms with Crippen LogP contribution in [-0.2, 0) is 35.3 Å². The topological polar surface area (TPSA) is 280 Å². The van der Waals surface area contributed by atoms with Gasteiger partial charge in [-0.15, -0.1) is 30.6 Å². The van der Waals surface area contributed by atoms with E-state index in [0.717, 1.165) is 56.7 Å². The lowest BCUT2D eigenvalue weighted by atomic mass is 9.94. The van der Waals surface area contributed by atoms with Crippen LogP contribution in [0.4, 0.5) is 96.1 Å². The molecule has 3 unspecified atom stereocenters. The largest absolute Gasteiger partial charge is 0.474 e. The van der Waals surface area contributed by atoms with Crippen molar-refractivity contribution in [2.75, 3.05) is 35.6 Å². The summed E-state index contributed by atoms with van der Waals surface area (Å²) in [7, 11) is 0. The van der Waals surface area contributed by atoms with Crippen molar-refractivity contribution in [1.82, 2.24) is 45.5 Å². The number of pyridine rings is 3. The maximum absolute atomic E-state index is 13.9. The van der Waals surface area contributed by atoms with Gasteiger partial charge >= 0.3 is 37.1 Å². The number of rotatable bonds is 9. The minimum Gasteiger partial charge on any atom is -0.474 e. The summed E-state index contributed by atoms with van der Waals surface area (Å²) < 4.78 is 282. The number of alkyl halides is 18. The lowest BCUT2D eigenvalue weighted by molar-refractivity contribution is -0.277. The Labute approximate surface area is 569 Å². The average molecular weight is 1480 g/mol. The fraction of sp³-hybridized carbons (Fsp3) is 0.667. The third-order valence-electron chi connectivity index (χ3n) is 18.1. The summed E-state index contributed by atoms with van der Waals surface area (Å²) in [5.41, 5.74) is -14.9. The molecule has 6 atom stereocenters. The van der Waals surface area contributed by atoms with Crippen LogP contribution in [0.2, 0.25) is 0 Å². The number of aromatic nitrogens is 9. The molecule has 12 bridgehead atoms. The van der Waals surface area contributed by atoms with Gasteiger partial charge in [0.15, 0.2) is 17.1 Å². The van der Waals surface area contributed by atoms with Crippen LogP contribution in [0.1, 0.15) is 190 Å². The predicted molar refractivity (Wildman–Crippen MR) is 321 cm³/mol. The number of hydrogen-bond donors (Lipinski definition) is 6. The Kier molecular flexibility index (Phi) is 22.5. The third-order valence-corrected chi connectivity index (χ3v) is 18.1. The van der Waals surface area contributed by atoms with E-state index in [1.807, 2.05) is 0 Å². The number of halogens is 18. The van der Waals surface area contributed by atoms with Gasteiger partial charge in [-0.05, 0) is 172 Å². The zero-order valence-corrected chi connectivity index (χ0v) is 54.8. The van der Waals surface area contributed by atoms with Crippen molar-refractivity contribution in [3.8, 4) is 52.4 Å². The smallest absolute Gasteiger partial charge is 0.426 e. The van der Waals surface area contributed by atoms with Gasteiger partial charge in [0.25, 0.3) is 35.3 Å². The zero-order valence-electron chi connectivity index (χ0n) is 54.8. The molecule has 6 aromatic rings. The van der Waals surface area contributed by atoms with E-state index in [4.69, 9.17) is 27.5 Å². The Balaban J connectivity index is 0.000000165. The SMILES string of the molecule is CCNc1cc(C(F)(F)F)c2nc1-c1nnc(o1)[C@@](O)(C(F)(F)F)CCCCCC(C1CC1)O2.CCNc1cc(C(F)(F)F)c2nc1-c1nnc(o1)[C@@](O)(C(F)(F)F)CCCCCC(C1CC1)O2.CCNc1cc(C(F)(F)F)c2nc1-c1nnc(o1)[C@@](O)(C(F)(F)F)CCCCCC(C1CC1)O2. The Bertz CT molecular complexity index is 3450. The Morgan fingerprint density at radius 3 is 0.814 bits per heavy atom. The first kappa shape index (κ1) is 76.9. The van der Waals surface area contributed by atoms with Gasteiger partial charge in [0.2, 0.25) is 34.4 Å². The molecular formula is C63H72F18N12O9. The quantitative estimate of drug-likeness (QED) is 0.0734. The highest BCUT2D eigenvalue weighted by molar-refractivity contribution is 5.73. The monoisotopic (exact) mass is 1480 g/mol. The normalized spacial score (nSPS) is 24.3. The highest BCUT2D eigenvalue weighted by atomic mass is 19.4. The summed E-state index contributed by atoms with van der Waals surface area (Å²) in [6.45, 7) is 5.42. The van der Waals surface area contributed by atoms with Crippen molar-refractivity contribution in [2.45, 2.75) is 228 Å². The first-order valence-electron chi connectivity index (χ1n) is 33.3. The summed E-state index contributed by atoms with van der Waals surface area (Å²) >= 11 is 0. The van der Waals surface area contributed by atoms with E-state index in [1.165, 1.54) is 0 Å². The first-order chi connectivity index (χ1) is 47.8. The molecule has 6 aliphatic rings. The van der Waals surface area contributed by atoms with Crippen LogP contribution in [0.25, 0.3) is 34.8 Å². The van der Waals surface area contributed by atoms with E-state index in [-0.39, 0.29) is 90.8 Å². The minimum atomic E-state index is -5.10. The number of anilines is 3. The van der Waals surface area contributed by atoms with Gasteiger partial charge in [0.05, 0.1) is 17.1 Å². The van der Waals surface area contributed by atoms with Crippen LogP contribution in [0, 0.1) is 17.8 Å². The highest BCUT2D eigenvalue weighted by Crippen LogP contribution is 2.52. The molecule has 21 nitrogen and oxygen atoms in total. The van der Waals surface area contributed by atoms with Gasteiger partial charge < -0.3 is 58.7 Å². The summed E-state index contributed by atoms with van der Waals surface area (Å²) in [5, 5.41) is 60.5. The summed E-state index contributed by atoms with van der Waals surface area (Å²) in [5.74, 6) is -6.87. The maximum atomic E-state index is 13.9. The summed E-state index contributed by atoms with van der Waals surface area (Å²) in [4.78, 5) is 12.0. The van der Waals surface area contributed by atoms with Gasteiger partial charge in [-0.2, -0.15) is 79.0 Å². The molecule has 0 spiro atoms. The van der Waals surface area contributed by atoms with Crippen LogP contribution >= 0.6 is 0 Å². The van der Waals surface area contributed by atoms with Gasteiger partial charge in [-0.1, -0.05) is 19.3 Å². The van der Waals surface area contributed by atoms with Crippen molar-refractivity contribution in [3.63, 3.8) is 0 Å². The first-order valence-corrected chi connectivity index (χ1v) is 33.3. The summed E-state index contributed by atoms with van der Waals surface area (Å²) in [6, 6.07) is 2.32. The Hall–Kier alpha value is -7.71. The summed E-state index contributed by atoms with van der Waals surface area (Å²) in [6.07, 6.45) is -25.5. The van der Waals surface area contributed by atoms with Gasteiger partial charge in [0, 0.05) is 19.6 Å². The van der Waals surface area contributed by atoms with Crippen molar-refractivity contribution < 1.29 is 122 Å². The van der Waals surface area contributed by atoms with E-state index in [2.05, 4.69) is 61.5 Å². The molecule has 0 saturated heterocycles. The molecule has 102 heavy (non-hydrogen) atoms. The molecule has 39 heteroatoms. The molecule has 3 aliphatic carbocycles. The second-order valence-corrected chi connectivity index (χ2v) is 25.9. The lowest BCUT2D eigenvalue weighted by Crippen LogP contribution is -2.42. The highest BCUT2D eigenvalue weighted by Gasteiger charge is 2.61. The van der Waals surface area contributed by atoms with Crippen LogP contribution in [0.3, 0.4) is 0 Å². The zero-order chi connectivity index (χ0) is 74.2. The Morgan fingerprint density at radius 1 is 0.363 bits per heavy atom. The standard InChI is InChI=1S/3C21H24F6N4O3/c3*1-2-28-13-10-12(20(22,23)24)16-29-15(13)17-30-31-18(34-17)19(32,21(25,26)27)9-5-3-4-6-14(33-16)11-7-8-11/h3*10-11,14,28,32H,2-9H2,1H3/t3*14?,19-/m111/s1. The molecule has 564 valence electrons. The molecule has 3 aliphatic heterocycles. The second-order valence-electron chi connectivity index (χ2n) is 25.9. The van der Waals surface area contributed by atoms with Gasteiger partial charge in [0.1, 0.15) is 35.0 Å². The third kappa shape index (κ3) is 17.2. The average Bonchev–Trinajstić information content (AvgIpc) is 1.69. The number of hydrogen-bond acceptors (Lipinski definition) is 21. The Morgan fingerprint density at radius 2 is 0.608 bits per heavy atom. The predicted octanol–water partition coefficient (Wildman–Crippen LogP) is 16.4. The minimum absolute atomic E-state index is 0.00883. The van der Waals surface area contributed by atoms with Crippen molar-refractivity contribution in [1.29, 1.82) is 0 Å². The molecule has 12 rings (SSSR count). The van der Waals surface area contributed by atoms with E-state index in [9.17, 15) is 94.3 Å². The van der Waals surface area contributed by atoms with Gasteiger partial charge in [-0.25, -0.2) is 15.0 Å².